The predicted molar refractivity (Wildman–Crippen MR) is 155 cm³/mol. The monoisotopic (exact) mass is 579 g/mol. The second-order valence-corrected chi connectivity index (χ2v) is 11.2. The van der Waals surface area contributed by atoms with Crippen molar-refractivity contribution in [1.29, 1.82) is 0 Å². The average Bonchev–Trinajstić information content (AvgIpc) is 3.55. The van der Waals surface area contributed by atoms with Crippen molar-refractivity contribution < 1.29 is 17.9 Å². The van der Waals surface area contributed by atoms with Gasteiger partial charge in [0, 0.05) is 53.9 Å². The van der Waals surface area contributed by atoms with Crippen LogP contribution in [0.5, 0.6) is 5.75 Å². The lowest BCUT2D eigenvalue weighted by Gasteiger charge is -2.29. The van der Waals surface area contributed by atoms with Gasteiger partial charge in [0.1, 0.15) is 17.3 Å². The van der Waals surface area contributed by atoms with E-state index in [1.807, 2.05) is 53.0 Å². The van der Waals surface area contributed by atoms with Crippen LogP contribution in [0.1, 0.15) is 36.2 Å². The molecule has 0 unspecified atom stereocenters. The Morgan fingerprint density at radius 1 is 1.12 bits per heavy atom. The topological polar surface area (TPSA) is 59.0 Å². The third kappa shape index (κ3) is 5.14. The Labute approximate surface area is 240 Å². The van der Waals surface area contributed by atoms with Gasteiger partial charge in [-0.2, -0.15) is 18.3 Å². The number of benzene rings is 2. The lowest BCUT2D eigenvalue weighted by molar-refractivity contribution is -0.137. The van der Waals surface area contributed by atoms with E-state index in [1.54, 1.807) is 0 Å². The van der Waals surface area contributed by atoms with Gasteiger partial charge in [-0.3, -0.25) is 0 Å². The Hall–Kier alpha value is -3.98. The first-order valence-corrected chi connectivity index (χ1v) is 13.9. The molecule has 5 aromatic rings. The number of pyridine rings is 1. The number of H-pyrrole nitrogens is 1. The number of aromatic amines is 1. The molecule has 10 heteroatoms. The van der Waals surface area contributed by atoms with E-state index in [0.29, 0.717) is 37.9 Å². The van der Waals surface area contributed by atoms with Crippen molar-refractivity contribution in [2.24, 2.45) is 5.92 Å². The lowest BCUT2D eigenvalue weighted by atomic mass is 9.99. The number of anilines is 1. The Kier molecular flexibility index (Phi) is 6.93. The number of aryl methyl sites for hydroxylation is 1. The standard InChI is InChI=1S/C31H29ClF3N5O/c1-18(2)17-41-27-6-4-5-19(3)28(27)40-29(21-7-8-25-20(13-21)9-11-36-25)23-16-39(12-10-26(23)38-40)30-24(32)14-22(15-37-30)31(33,34)35/h4-9,11,13-15,18,36H,10,12,16-17H2,1-3H3. The molecule has 4 heterocycles. The Morgan fingerprint density at radius 3 is 2.71 bits per heavy atom. The summed E-state index contributed by atoms with van der Waals surface area (Å²) in [6, 6.07) is 15.2. The minimum atomic E-state index is -4.52. The summed E-state index contributed by atoms with van der Waals surface area (Å²) in [5, 5.41) is 6.14. The number of para-hydroxylation sites is 1. The van der Waals surface area contributed by atoms with Crippen molar-refractivity contribution >= 4 is 28.3 Å². The first-order valence-electron chi connectivity index (χ1n) is 13.5. The molecule has 0 bridgehead atoms. The smallest absolute Gasteiger partial charge is 0.417 e. The molecule has 6 nitrogen and oxygen atoms in total. The molecule has 3 aromatic heterocycles. The van der Waals surface area contributed by atoms with Gasteiger partial charge in [0.25, 0.3) is 0 Å². The molecule has 41 heavy (non-hydrogen) atoms. The van der Waals surface area contributed by atoms with E-state index in [-0.39, 0.29) is 5.02 Å². The number of aromatic nitrogens is 4. The van der Waals surface area contributed by atoms with E-state index < -0.39 is 11.7 Å². The molecule has 0 radical (unpaired) electrons. The first-order chi connectivity index (χ1) is 19.6. The summed E-state index contributed by atoms with van der Waals surface area (Å²) >= 11 is 6.36. The number of hydrogen-bond donors (Lipinski definition) is 1. The van der Waals surface area contributed by atoms with Crippen LogP contribution in [0.4, 0.5) is 19.0 Å². The number of ether oxygens (including phenoxy) is 1. The highest BCUT2D eigenvalue weighted by Crippen LogP contribution is 2.40. The van der Waals surface area contributed by atoms with Gasteiger partial charge >= 0.3 is 6.18 Å². The van der Waals surface area contributed by atoms with Gasteiger partial charge < -0.3 is 14.6 Å². The molecule has 0 aliphatic carbocycles. The molecule has 0 atom stereocenters. The van der Waals surface area contributed by atoms with Crippen LogP contribution in [-0.4, -0.2) is 32.9 Å². The van der Waals surface area contributed by atoms with Crippen molar-refractivity contribution in [2.45, 2.75) is 39.9 Å². The highest BCUT2D eigenvalue weighted by Gasteiger charge is 2.33. The van der Waals surface area contributed by atoms with Gasteiger partial charge in [0.05, 0.1) is 28.6 Å². The zero-order valence-corrected chi connectivity index (χ0v) is 23.6. The SMILES string of the molecule is Cc1cccc(OCC(C)C)c1-n1nc2c(c1-c1ccc3[nH]ccc3c1)CN(c1ncc(C(F)(F)F)cc1Cl)CC2. The molecule has 1 N–H and O–H groups in total. The summed E-state index contributed by atoms with van der Waals surface area (Å²) in [6.45, 7) is 7.72. The summed E-state index contributed by atoms with van der Waals surface area (Å²) in [4.78, 5) is 9.30. The predicted octanol–water partition coefficient (Wildman–Crippen LogP) is 7.99. The number of halogens is 4. The molecule has 0 fully saturated rings. The largest absolute Gasteiger partial charge is 0.491 e. The van der Waals surface area contributed by atoms with Crippen molar-refractivity contribution in [3.8, 4) is 22.7 Å². The van der Waals surface area contributed by atoms with Crippen molar-refractivity contribution in [1.82, 2.24) is 19.7 Å². The van der Waals surface area contributed by atoms with Crippen LogP contribution < -0.4 is 9.64 Å². The fourth-order valence-electron chi connectivity index (χ4n) is 5.31. The highest BCUT2D eigenvalue weighted by molar-refractivity contribution is 6.33. The first kappa shape index (κ1) is 27.2. The van der Waals surface area contributed by atoms with Gasteiger partial charge in [0.15, 0.2) is 0 Å². The third-order valence-electron chi connectivity index (χ3n) is 7.29. The summed E-state index contributed by atoms with van der Waals surface area (Å²) in [5.74, 6) is 1.41. The number of rotatable bonds is 6. The molecule has 0 saturated heterocycles. The summed E-state index contributed by atoms with van der Waals surface area (Å²) in [5.41, 5.74) is 5.80. The zero-order chi connectivity index (χ0) is 28.9. The Balaban J connectivity index is 1.50. The van der Waals surface area contributed by atoms with E-state index in [4.69, 9.17) is 21.4 Å². The van der Waals surface area contributed by atoms with Gasteiger partial charge in [-0.25, -0.2) is 9.67 Å². The van der Waals surface area contributed by atoms with Crippen molar-refractivity contribution in [3.63, 3.8) is 0 Å². The van der Waals surface area contributed by atoms with Crippen molar-refractivity contribution in [3.05, 3.63) is 88.3 Å². The quantitative estimate of drug-likeness (QED) is 0.221. The maximum absolute atomic E-state index is 13.3. The van der Waals surface area contributed by atoms with Crippen LogP contribution in [0.15, 0.2) is 60.9 Å². The van der Waals surface area contributed by atoms with E-state index in [9.17, 15) is 13.2 Å². The van der Waals surface area contributed by atoms with E-state index >= 15 is 0 Å². The number of nitrogens with one attached hydrogen (secondary N) is 1. The lowest BCUT2D eigenvalue weighted by Crippen LogP contribution is -2.31. The number of nitrogens with zero attached hydrogens (tertiary/aromatic N) is 4. The Bertz CT molecular complexity index is 1740. The number of hydrogen-bond acceptors (Lipinski definition) is 4. The van der Waals surface area contributed by atoms with Crippen LogP contribution in [0.25, 0.3) is 27.8 Å². The number of fused-ring (bicyclic) bond motifs is 2. The normalized spacial score (nSPS) is 13.7. The van der Waals surface area contributed by atoms with Crippen LogP contribution in [0, 0.1) is 12.8 Å². The second-order valence-electron chi connectivity index (χ2n) is 10.8. The fourth-order valence-corrected chi connectivity index (χ4v) is 5.59. The van der Waals surface area contributed by atoms with E-state index in [1.165, 1.54) is 0 Å². The molecule has 212 valence electrons. The van der Waals surface area contributed by atoms with Gasteiger partial charge in [-0.1, -0.05) is 43.6 Å². The van der Waals surface area contributed by atoms with Gasteiger partial charge in [-0.15, -0.1) is 0 Å². The molecule has 1 aliphatic rings. The summed E-state index contributed by atoms with van der Waals surface area (Å²) < 4.78 is 48.0. The maximum atomic E-state index is 13.3. The molecule has 0 amide bonds. The molecular formula is C31H29ClF3N5O. The zero-order valence-electron chi connectivity index (χ0n) is 22.9. The summed E-state index contributed by atoms with van der Waals surface area (Å²) in [7, 11) is 0. The molecule has 1 aliphatic heterocycles. The van der Waals surface area contributed by atoms with Crippen LogP contribution in [0.3, 0.4) is 0 Å². The molecule has 2 aromatic carbocycles. The van der Waals surface area contributed by atoms with E-state index in [2.05, 4.69) is 35.9 Å². The van der Waals surface area contributed by atoms with E-state index in [0.717, 1.165) is 62.7 Å². The molecular weight excluding hydrogens is 551 g/mol. The van der Waals surface area contributed by atoms with Gasteiger partial charge in [-0.05, 0) is 48.7 Å². The molecule has 0 saturated carbocycles. The average molecular weight is 580 g/mol. The summed E-state index contributed by atoms with van der Waals surface area (Å²) in [6.07, 6.45) is -1.19. The van der Waals surface area contributed by atoms with Crippen LogP contribution in [-0.2, 0) is 19.1 Å². The second kappa shape index (κ2) is 10.4. The maximum Gasteiger partial charge on any atom is 0.417 e. The van der Waals surface area contributed by atoms with Gasteiger partial charge in [0.2, 0.25) is 0 Å². The third-order valence-corrected chi connectivity index (χ3v) is 7.57. The molecule has 6 rings (SSSR count). The van der Waals surface area contributed by atoms with Crippen LogP contribution in [0.2, 0.25) is 5.02 Å². The minimum Gasteiger partial charge on any atom is -0.491 e. The van der Waals surface area contributed by atoms with Crippen LogP contribution >= 0.6 is 11.6 Å². The van der Waals surface area contributed by atoms with Crippen molar-refractivity contribution in [2.75, 3.05) is 18.1 Å². The highest BCUT2D eigenvalue weighted by atomic mass is 35.5. The fraction of sp³-hybridized carbons (Fsp3) is 0.290. The minimum absolute atomic E-state index is 0.0331. The molecule has 0 spiro atoms. The Morgan fingerprint density at radius 2 is 1.95 bits per heavy atom. The number of alkyl halides is 3.